The van der Waals surface area contributed by atoms with E-state index < -0.39 is 17.6 Å². The van der Waals surface area contributed by atoms with Crippen LogP contribution < -0.4 is 5.56 Å². The first-order valence-corrected chi connectivity index (χ1v) is 5.97. The van der Waals surface area contributed by atoms with E-state index in [0.29, 0.717) is 11.1 Å². The van der Waals surface area contributed by atoms with Crippen molar-refractivity contribution >= 4 is 10.9 Å². The van der Waals surface area contributed by atoms with Crippen LogP contribution in [0.3, 0.4) is 0 Å². The van der Waals surface area contributed by atoms with E-state index in [1.54, 1.807) is 29.2 Å². The molecule has 21 heavy (non-hydrogen) atoms. The molecule has 3 aromatic rings. The Hall–Kier alpha value is -2.70. The molecule has 0 atom stereocenters. The fourth-order valence-corrected chi connectivity index (χ4v) is 1.95. The summed E-state index contributed by atoms with van der Waals surface area (Å²) < 4.78 is 38.0. The van der Waals surface area contributed by atoms with E-state index in [0.717, 1.165) is 11.5 Å². The van der Waals surface area contributed by atoms with Gasteiger partial charge in [0.05, 0.1) is 11.2 Å². The molecular weight excluding hydrogens is 283 g/mol. The van der Waals surface area contributed by atoms with Gasteiger partial charge in [0, 0.05) is 23.2 Å². The smallest absolute Gasteiger partial charge is 0.303 e. The number of benzene rings is 1. The lowest BCUT2D eigenvalue weighted by Gasteiger charge is -2.07. The standard InChI is InChI=1S/C14H8F3N3O/c15-14(16,17)13-19-11(6-12(21)20-13)9-5-8-3-1-2-4-10(8)18-7-9/h1-7H,(H,19,20,21). The van der Waals surface area contributed by atoms with Crippen LogP contribution in [-0.4, -0.2) is 15.0 Å². The molecule has 0 bridgehead atoms. The summed E-state index contributed by atoms with van der Waals surface area (Å²) in [5.74, 6) is -1.32. The minimum absolute atomic E-state index is 0.0654. The largest absolute Gasteiger partial charge is 0.449 e. The van der Waals surface area contributed by atoms with Crippen molar-refractivity contribution in [1.82, 2.24) is 15.0 Å². The fraction of sp³-hybridized carbons (Fsp3) is 0.0714. The molecule has 3 rings (SSSR count). The Morgan fingerprint density at radius 2 is 1.86 bits per heavy atom. The highest BCUT2D eigenvalue weighted by atomic mass is 19.4. The van der Waals surface area contributed by atoms with Gasteiger partial charge < -0.3 is 4.98 Å². The van der Waals surface area contributed by atoms with E-state index in [1.807, 2.05) is 6.07 Å². The number of fused-ring (bicyclic) bond motifs is 1. The summed E-state index contributed by atoms with van der Waals surface area (Å²) >= 11 is 0. The second kappa shape index (κ2) is 4.69. The molecule has 0 aliphatic rings. The van der Waals surface area contributed by atoms with Crippen molar-refractivity contribution in [1.29, 1.82) is 0 Å². The minimum atomic E-state index is -4.71. The molecule has 0 amide bonds. The number of pyridine rings is 1. The monoisotopic (exact) mass is 291 g/mol. The first kappa shape index (κ1) is 13.3. The normalized spacial score (nSPS) is 11.8. The lowest BCUT2D eigenvalue weighted by atomic mass is 10.1. The Morgan fingerprint density at radius 1 is 1.10 bits per heavy atom. The van der Waals surface area contributed by atoms with Gasteiger partial charge in [-0.05, 0) is 12.1 Å². The first-order chi connectivity index (χ1) is 9.93. The van der Waals surface area contributed by atoms with Crippen molar-refractivity contribution in [2.24, 2.45) is 0 Å². The molecular formula is C14H8F3N3O. The van der Waals surface area contributed by atoms with Crippen molar-refractivity contribution in [3.63, 3.8) is 0 Å². The molecule has 0 aliphatic heterocycles. The van der Waals surface area contributed by atoms with E-state index in [9.17, 15) is 18.0 Å². The quantitative estimate of drug-likeness (QED) is 0.749. The molecule has 0 saturated heterocycles. The van der Waals surface area contributed by atoms with E-state index in [-0.39, 0.29) is 5.69 Å². The first-order valence-electron chi connectivity index (χ1n) is 5.97. The van der Waals surface area contributed by atoms with Crippen molar-refractivity contribution in [3.05, 3.63) is 58.8 Å². The Bertz CT molecular complexity index is 871. The summed E-state index contributed by atoms with van der Waals surface area (Å²) in [5, 5.41) is 0.755. The molecule has 0 radical (unpaired) electrons. The molecule has 4 nitrogen and oxygen atoms in total. The molecule has 106 valence electrons. The van der Waals surface area contributed by atoms with Gasteiger partial charge in [-0.2, -0.15) is 13.2 Å². The van der Waals surface area contributed by atoms with Crippen LogP contribution >= 0.6 is 0 Å². The predicted octanol–water partition coefficient (Wildman–Crippen LogP) is 3.00. The zero-order valence-corrected chi connectivity index (χ0v) is 10.5. The summed E-state index contributed by atoms with van der Waals surface area (Å²) in [5.41, 5.74) is 0.136. The Morgan fingerprint density at radius 3 is 2.62 bits per heavy atom. The van der Waals surface area contributed by atoms with Gasteiger partial charge in [0.25, 0.3) is 5.56 Å². The van der Waals surface area contributed by atoms with E-state index in [4.69, 9.17) is 0 Å². The molecule has 7 heteroatoms. The summed E-state index contributed by atoms with van der Waals surface area (Å²) in [7, 11) is 0. The van der Waals surface area contributed by atoms with Crippen LogP contribution in [0, 0.1) is 0 Å². The molecule has 2 aromatic heterocycles. The highest BCUT2D eigenvalue weighted by molar-refractivity contribution is 5.82. The number of para-hydroxylation sites is 1. The molecule has 0 aliphatic carbocycles. The number of H-pyrrole nitrogens is 1. The third-order valence-electron chi connectivity index (χ3n) is 2.90. The van der Waals surface area contributed by atoms with Gasteiger partial charge in [0.1, 0.15) is 0 Å². The average molecular weight is 291 g/mol. The number of alkyl halides is 3. The van der Waals surface area contributed by atoms with Gasteiger partial charge in [-0.1, -0.05) is 18.2 Å². The number of aromatic amines is 1. The minimum Gasteiger partial charge on any atom is -0.303 e. The summed E-state index contributed by atoms with van der Waals surface area (Å²) in [6, 6.07) is 9.82. The second-order valence-electron chi connectivity index (χ2n) is 4.39. The van der Waals surface area contributed by atoms with Crippen LogP contribution in [-0.2, 0) is 6.18 Å². The van der Waals surface area contributed by atoms with Gasteiger partial charge in [-0.15, -0.1) is 0 Å². The summed E-state index contributed by atoms with van der Waals surface area (Å²) in [6.45, 7) is 0. The van der Waals surface area contributed by atoms with Gasteiger partial charge in [-0.25, -0.2) is 4.98 Å². The number of hydrogen-bond donors (Lipinski definition) is 1. The van der Waals surface area contributed by atoms with Crippen molar-refractivity contribution in [2.45, 2.75) is 6.18 Å². The van der Waals surface area contributed by atoms with Crippen molar-refractivity contribution in [3.8, 4) is 11.3 Å². The number of nitrogens with one attached hydrogen (secondary N) is 1. The van der Waals surface area contributed by atoms with Crippen molar-refractivity contribution < 1.29 is 13.2 Å². The zero-order valence-electron chi connectivity index (χ0n) is 10.5. The van der Waals surface area contributed by atoms with Crippen LogP contribution in [0.4, 0.5) is 13.2 Å². The number of hydrogen-bond acceptors (Lipinski definition) is 3. The topological polar surface area (TPSA) is 58.6 Å². The molecule has 1 aromatic carbocycles. The maximum absolute atomic E-state index is 12.7. The number of aromatic nitrogens is 3. The third-order valence-corrected chi connectivity index (χ3v) is 2.90. The van der Waals surface area contributed by atoms with Crippen LogP contribution in [0.15, 0.2) is 47.4 Å². The van der Waals surface area contributed by atoms with Crippen LogP contribution in [0.25, 0.3) is 22.2 Å². The van der Waals surface area contributed by atoms with Gasteiger partial charge in [0.2, 0.25) is 5.82 Å². The fourth-order valence-electron chi connectivity index (χ4n) is 1.95. The van der Waals surface area contributed by atoms with Crippen molar-refractivity contribution in [2.75, 3.05) is 0 Å². The van der Waals surface area contributed by atoms with Gasteiger partial charge in [-0.3, -0.25) is 9.78 Å². The van der Waals surface area contributed by atoms with Crippen LogP contribution in [0.5, 0.6) is 0 Å². The summed E-state index contributed by atoms with van der Waals surface area (Å²) in [6.07, 6.45) is -3.32. The Kier molecular flexibility index (Phi) is 2.97. The van der Waals surface area contributed by atoms with E-state index in [1.165, 1.54) is 6.20 Å². The van der Waals surface area contributed by atoms with Crippen LogP contribution in [0.2, 0.25) is 0 Å². The maximum atomic E-state index is 12.7. The average Bonchev–Trinajstić information content (AvgIpc) is 2.45. The molecule has 0 saturated carbocycles. The van der Waals surface area contributed by atoms with Crippen LogP contribution in [0.1, 0.15) is 5.82 Å². The highest BCUT2D eigenvalue weighted by Gasteiger charge is 2.34. The Balaban J connectivity index is 2.18. The SMILES string of the molecule is O=c1cc(-c2cnc3ccccc3c2)nc(C(F)(F)F)[nH]1. The molecule has 0 unspecified atom stereocenters. The molecule has 0 fully saturated rings. The number of rotatable bonds is 1. The van der Waals surface area contributed by atoms with E-state index in [2.05, 4.69) is 9.97 Å². The molecule has 2 heterocycles. The third kappa shape index (κ3) is 2.62. The molecule has 1 N–H and O–H groups in total. The van der Waals surface area contributed by atoms with Gasteiger partial charge in [0.15, 0.2) is 0 Å². The lowest BCUT2D eigenvalue weighted by molar-refractivity contribution is -0.145. The maximum Gasteiger partial charge on any atom is 0.449 e. The van der Waals surface area contributed by atoms with E-state index >= 15 is 0 Å². The summed E-state index contributed by atoms with van der Waals surface area (Å²) in [4.78, 5) is 20.7. The van der Waals surface area contributed by atoms with Gasteiger partial charge >= 0.3 is 6.18 Å². The number of nitrogens with zero attached hydrogens (tertiary/aromatic N) is 2. The zero-order chi connectivity index (χ0) is 15.0. The molecule has 0 spiro atoms. The number of halogens is 3. The lowest BCUT2D eigenvalue weighted by Crippen LogP contribution is -2.18. The predicted molar refractivity (Wildman–Crippen MR) is 70.6 cm³/mol. The highest BCUT2D eigenvalue weighted by Crippen LogP contribution is 2.27. The second-order valence-corrected chi connectivity index (χ2v) is 4.39. The Labute approximate surface area is 116 Å².